The standard InChI is InChI=1S/C7H7NO4.C7H14O2.C5H5NO2/c1-12-7(11)4-8-5(9)2-3-6(8)10;1-3-7(4-8-2)5-9-6-7;1-6-4(7)2-3-5(6)8/h2-3H,4H2,1H3;3-6H2,1-2H3;2-3H,1H3. The van der Waals surface area contributed by atoms with Crippen LogP contribution in [0.5, 0.6) is 0 Å². The van der Waals surface area contributed by atoms with Crippen LogP contribution >= 0.6 is 0 Å². The number of hydrogen-bond acceptors (Lipinski definition) is 8. The maximum atomic E-state index is 10.8. The number of ether oxygens (including phenoxy) is 3. The number of likely N-dealkylation sites (N-methyl/N-ethyl adjacent to an activating group) is 1. The van der Waals surface area contributed by atoms with Crippen LogP contribution in [0.4, 0.5) is 0 Å². The van der Waals surface area contributed by atoms with Crippen molar-refractivity contribution in [2.45, 2.75) is 13.3 Å². The summed E-state index contributed by atoms with van der Waals surface area (Å²) in [5.41, 5.74) is 0.370. The number of esters is 1. The molecule has 3 aliphatic rings. The Bertz CT molecular complexity index is 667. The summed E-state index contributed by atoms with van der Waals surface area (Å²) in [6, 6.07) is 0. The molecular formula is C19H26N2O8. The molecule has 1 fully saturated rings. The molecule has 0 N–H and O–H groups in total. The number of hydrogen-bond donors (Lipinski definition) is 0. The summed E-state index contributed by atoms with van der Waals surface area (Å²) in [6.07, 6.45) is 5.90. The van der Waals surface area contributed by atoms with Gasteiger partial charge in [-0.15, -0.1) is 0 Å². The van der Waals surface area contributed by atoms with E-state index in [1.807, 2.05) is 0 Å². The smallest absolute Gasteiger partial charge is 0.325 e. The molecule has 4 amide bonds. The normalized spacial score (nSPS) is 18.8. The second-order valence-electron chi connectivity index (χ2n) is 6.52. The van der Waals surface area contributed by atoms with Gasteiger partial charge in [-0.25, -0.2) is 0 Å². The van der Waals surface area contributed by atoms with Crippen LogP contribution in [0, 0.1) is 5.41 Å². The average molecular weight is 410 g/mol. The fourth-order valence-electron chi connectivity index (χ4n) is 2.34. The van der Waals surface area contributed by atoms with Gasteiger partial charge in [0, 0.05) is 43.9 Å². The molecule has 3 rings (SSSR count). The van der Waals surface area contributed by atoms with Crippen LogP contribution in [0.3, 0.4) is 0 Å². The van der Waals surface area contributed by atoms with Crippen molar-refractivity contribution in [1.29, 1.82) is 0 Å². The van der Waals surface area contributed by atoms with E-state index in [1.54, 1.807) is 7.11 Å². The van der Waals surface area contributed by atoms with E-state index in [0.29, 0.717) is 5.41 Å². The molecule has 0 aromatic rings. The highest BCUT2D eigenvalue weighted by molar-refractivity contribution is 6.14. The lowest BCUT2D eigenvalue weighted by atomic mass is 9.84. The molecule has 29 heavy (non-hydrogen) atoms. The van der Waals surface area contributed by atoms with Crippen LogP contribution in [0.1, 0.15) is 13.3 Å². The number of imide groups is 2. The van der Waals surface area contributed by atoms with Crippen molar-refractivity contribution in [2.24, 2.45) is 5.41 Å². The van der Waals surface area contributed by atoms with E-state index in [4.69, 9.17) is 9.47 Å². The first-order valence-electron chi connectivity index (χ1n) is 8.86. The minimum Gasteiger partial charge on any atom is -0.468 e. The van der Waals surface area contributed by atoms with Crippen molar-refractivity contribution in [2.75, 3.05) is 47.6 Å². The first-order chi connectivity index (χ1) is 13.7. The van der Waals surface area contributed by atoms with Gasteiger partial charge in [0.2, 0.25) is 0 Å². The highest BCUT2D eigenvalue weighted by atomic mass is 16.5. The Morgan fingerprint density at radius 3 is 1.72 bits per heavy atom. The lowest BCUT2D eigenvalue weighted by Gasteiger charge is -2.39. The third-order valence-corrected chi connectivity index (χ3v) is 4.46. The molecule has 0 unspecified atom stereocenters. The molecule has 160 valence electrons. The summed E-state index contributed by atoms with van der Waals surface area (Å²) in [5.74, 6) is -2.05. The second kappa shape index (κ2) is 11.2. The fraction of sp³-hybridized carbons (Fsp3) is 0.526. The van der Waals surface area contributed by atoms with Gasteiger partial charge in [0.1, 0.15) is 6.54 Å². The SMILES string of the molecule is CCC1(COC)COC1.CN1C(=O)C=CC1=O.COC(=O)CN1C(=O)C=CC1=O. The third-order valence-electron chi connectivity index (χ3n) is 4.46. The molecule has 0 aliphatic carbocycles. The Balaban J connectivity index is 0.000000223. The van der Waals surface area contributed by atoms with Gasteiger partial charge in [-0.05, 0) is 6.42 Å². The Morgan fingerprint density at radius 2 is 1.48 bits per heavy atom. The number of amides is 4. The topological polar surface area (TPSA) is 120 Å². The summed E-state index contributed by atoms with van der Waals surface area (Å²) in [4.78, 5) is 55.0. The highest BCUT2D eigenvalue weighted by Crippen LogP contribution is 2.30. The van der Waals surface area contributed by atoms with E-state index < -0.39 is 17.8 Å². The van der Waals surface area contributed by atoms with Crippen LogP contribution in [0.2, 0.25) is 0 Å². The fourth-order valence-corrected chi connectivity index (χ4v) is 2.34. The number of carbonyl (C=O) groups is 5. The molecule has 3 aliphatic heterocycles. The van der Waals surface area contributed by atoms with E-state index in [-0.39, 0.29) is 18.4 Å². The van der Waals surface area contributed by atoms with Crippen molar-refractivity contribution >= 4 is 29.6 Å². The Morgan fingerprint density at radius 1 is 1.00 bits per heavy atom. The highest BCUT2D eigenvalue weighted by Gasteiger charge is 2.36. The predicted octanol–water partition coefficient (Wildman–Crippen LogP) is -0.315. The molecule has 0 aromatic heterocycles. The van der Waals surface area contributed by atoms with Gasteiger partial charge >= 0.3 is 5.97 Å². The molecule has 3 heterocycles. The van der Waals surface area contributed by atoms with E-state index in [9.17, 15) is 24.0 Å². The van der Waals surface area contributed by atoms with E-state index >= 15 is 0 Å². The van der Waals surface area contributed by atoms with Crippen molar-refractivity contribution < 1.29 is 38.2 Å². The molecule has 0 radical (unpaired) electrons. The lowest BCUT2D eigenvalue weighted by Crippen LogP contribution is -2.45. The van der Waals surface area contributed by atoms with Gasteiger partial charge in [0.15, 0.2) is 0 Å². The lowest BCUT2D eigenvalue weighted by molar-refractivity contribution is -0.149. The minimum atomic E-state index is -0.611. The van der Waals surface area contributed by atoms with Crippen molar-refractivity contribution in [3.8, 4) is 0 Å². The molecule has 0 spiro atoms. The number of nitrogens with zero attached hydrogens (tertiary/aromatic N) is 2. The van der Waals surface area contributed by atoms with E-state index in [0.717, 1.165) is 41.8 Å². The van der Waals surface area contributed by atoms with E-state index in [1.165, 1.54) is 32.7 Å². The van der Waals surface area contributed by atoms with Crippen molar-refractivity contribution in [3.63, 3.8) is 0 Å². The van der Waals surface area contributed by atoms with Gasteiger partial charge in [0.05, 0.1) is 26.9 Å². The van der Waals surface area contributed by atoms with Gasteiger partial charge in [0.25, 0.3) is 23.6 Å². The zero-order valence-corrected chi connectivity index (χ0v) is 17.0. The Kier molecular flexibility index (Phi) is 9.36. The van der Waals surface area contributed by atoms with Gasteiger partial charge in [-0.3, -0.25) is 33.8 Å². The molecule has 0 bridgehead atoms. The monoisotopic (exact) mass is 410 g/mol. The summed E-state index contributed by atoms with van der Waals surface area (Å²) in [5, 5.41) is 0. The third kappa shape index (κ3) is 6.91. The first kappa shape index (κ1) is 24.2. The van der Waals surface area contributed by atoms with Crippen LogP contribution in [-0.2, 0) is 38.2 Å². The zero-order valence-electron chi connectivity index (χ0n) is 17.0. The predicted molar refractivity (Wildman–Crippen MR) is 100 cm³/mol. The van der Waals surface area contributed by atoms with Crippen molar-refractivity contribution in [3.05, 3.63) is 24.3 Å². The van der Waals surface area contributed by atoms with Crippen LogP contribution in [0.25, 0.3) is 0 Å². The van der Waals surface area contributed by atoms with Crippen LogP contribution in [-0.4, -0.2) is 87.0 Å². The molecule has 10 heteroatoms. The van der Waals surface area contributed by atoms with Gasteiger partial charge < -0.3 is 14.2 Å². The molecule has 0 atom stereocenters. The maximum absolute atomic E-state index is 10.8. The summed E-state index contributed by atoms with van der Waals surface area (Å²) < 4.78 is 14.5. The van der Waals surface area contributed by atoms with Crippen LogP contribution in [0.15, 0.2) is 24.3 Å². The summed E-state index contributed by atoms with van der Waals surface area (Å²) in [6.45, 7) is 4.49. The number of rotatable bonds is 5. The largest absolute Gasteiger partial charge is 0.468 e. The van der Waals surface area contributed by atoms with Gasteiger partial charge in [-0.2, -0.15) is 0 Å². The van der Waals surface area contributed by atoms with Crippen molar-refractivity contribution in [1.82, 2.24) is 9.80 Å². The van der Waals surface area contributed by atoms with Crippen LogP contribution < -0.4 is 0 Å². The summed E-state index contributed by atoms with van der Waals surface area (Å²) in [7, 11) is 4.39. The number of carbonyl (C=O) groups excluding carboxylic acids is 5. The molecule has 10 nitrogen and oxygen atoms in total. The van der Waals surface area contributed by atoms with E-state index in [2.05, 4.69) is 11.7 Å². The maximum Gasteiger partial charge on any atom is 0.325 e. The molecule has 0 saturated carbocycles. The van der Waals surface area contributed by atoms with Gasteiger partial charge in [-0.1, -0.05) is 6.92 Å². The average Bonchev–Trinajstić information content (AvgIpc) is 3.15. The quantitative estimate of drug-likeness (QED) is 0.447. The number of methoxy groups -OCH3 is 2. The zero-order chi connectivity index (χ0) is 22.0. The Hall–Kier alpha value is -2.85. The summed E-state index contributed by atoms with van der Waals surface area (Å²) >= 11 is 0. The minimum absolute atomic E-state index is 0.241. The first-order valence-corrected chi connectivity index (χ1v) is 8.86. The molecular weight excluding hydrogens is 384 g/mol. The molecule has 1 saturated heterocycles. The Labute approximate surface area is 169 Å². The second-order valence-corrected chi connectivity index (χ2v) is 6.52. The molecule has 0 aromatic carbocycles.